The molecule has 2 heterocycles. The first-order valence-corrected chi connectivity index (χ1v) is 11.2. The predicted molar refractivity (Wildman–Crippen MR) is 119 cm³/mol. The Hall–Kier alpha value is -2.54. The molecule has 1 aliphatic rings. The number of nitrogens with one attached hydrogen (secondary N) is 2. The van der Waals surface area contributed by atoms with Crippen LogP contribution in [0.2, 0.25) is 0 Å². The molecule has 0 spiro atoms. The van der Waals surface area contributed by atoms with Crippen molar-refractivity contribution in [2.75, 3.05) is 17.2 Å². The van der Waals surface area contributed by atoms with Gasteiger partial charge in [-0.15, -0.1) is 11.3 Å². The molecule has 1 aliphatic carbocycles. The highest BCUT2D eigenvalue weighted by atomic mass is 32.1. The summed E-state index contributed by atoms with van der Waals surface area (Å²) >= 11 is 1.38. The number of para-hydroxylation sites is 1. The minimum absolute atomic E-state index is 0.188. The first kappa shape index (κ1) is 23.6. The maximum absolute atomic E-state index is 13.1. The zero-order chi connectivity index (χ0) is 23.9. The molecule has 5 atom stereocenters. The van der Waals surface area contributed by atoms with E-state index in [-0.39, 0.29) is 24.8 Å². The number of alkyl halides is 3. The van der Waals surface area contributed by atoms with Crippen LogP contribution < -0.4 is 10.6 Å². The van der Waals surface area contributed by atoms with E-state index < -0.39 is 36.4 Å². The summed E-state index contributed by atoms with van der Waals surface area (Å²) in [5, 5.41) is 36.0. The van der Waals surface area contributed by atoms with E-state index in [9.17, 15) is 28.5 Å². The van der Waals surface area contributed by atoms with Gasteiger partial charge in [0, 0.05) is 12.5 Å². The highest BCUT2D eigenvalue weighted by Gasteiger charge is 2.42. The molecule has 1 saturated carbocycles. The van der Waals surface area contributed by atoms with E-state index in [0.717, 1.165) is 17.1 Å². The molecule has 12 heteroatoms. The standard InChI is InChI=1S/C21H24F3N5O3S/c1-9-15(19-28-12-5-3-4-6-14(12)33-19)18(27-13-7-11(8-30)16(31)17(13)32)29-20(25-9)26-10(2)21(22,23)24/h3-6,10-11,13,16-17,30-32H,7-8H2,1-2H3,(H2,25,26,27,29)/t10-,11+,13+,16+,17-/m0/s1. The number of aryl methyl sites for hydroxylation is 1. The Kier molecular flexibility index (Phi) is 6.45. The summed E-state index contributed by atoms with van der Waals surface area (Å²) in [5.74, 6) is -0.570. The molecule has 0 amide bonds. The third-order valence-electron chi connectivity index (χ3n) is 5.79. The Morgan fingerprint density at radius 3 is 2.52 bits per heavy atom. The number of aliphatic hydroxyl groups is 3. The molecular weight excluding hydrogens is 459 g/mol. The number of aromatic nitrogens is 3. The van der Waals surface area contributed by atoms with Crippen molar-refractivity contribution >= 4 is 33.3 Å². The Balaban J connectivity index is 1.76. The van der Waals surface area contributed by atoms with E-state index in [1.807, 2.05) is 24.3 Å². The maximum Gasteiger partial charge on any atom is 0.408 e. The lowest BCUT2D eigenvalue weighted by molar-refractivity contribution is -0.138. The molecular formula is C21H24F3N5O3S. The van der Waals surface area contributed by atoms with Crippen molar-refractivity contribution in [3.05, 3.63) is 30.0 Å². The Bertz CT molecular complexity index is 1110. The van der Waals surface area contributed by atoms with Crippen LogP contribution in [0.3, 0.4) is 0 Å². The molecule has 3 aromatic rings. The van der Waals surface area contributed by atoms with Crippen LogP contribution in [0.25, 0.3) is 20.8 Å². The second-order valence-corrected chi connectivity index (χ2v) is 9.19. The molecule has 4 rings (SSSR count). The minimum Gasteiger partial charge on any atom is -0.396 e. The van der Waals surface area contributed by atoms with Crippen LogP contribution in [0, 0.1) is 12.8 Å². The number of anilines is 2. The number of halogens is 3. The lowest BCUT2D eigenvalue weighted by Gasteiger charge is -2.22. The number of benzene rings is 1. The number of thiazole rings is 1. The Morgan fingerprint density at radius 1 is 1.15 bits per heavy atom. The zero-order valence-corrected chi connectivity index (χ0v) is 18.7. The second kappa shape index (κ2) is 9.01. The smallest absolute Gasteiger partial charge is 0.396 e. The average molecular weight is 484 g/mol. The molecule has 0 saturated heterocycles. The topological polar surface area (TPSA) is 123 Å². The first-order valence-electron chi connectivity index (χ1n) is 10.4. The normalized spacial score (nSPS) is 24.2. The maximum atomic E-state index is 13.1. The molecule has 2 aromatic heterocycles. The van der Waals surface area contributed by atoms with Gasteiger partial charge in [-0.25, -0.2) is 9.97 Å². The van der Waals surface area contributed by atoms with E-state index in [1.54, 1.807) is 6.92 Å². The van der Waals surface area contributed by atoms with Gasteiger partial charge in [0.05, 0.1) is 33.6 Å². The van der Waals surface area contributed by atoms with Crippen LogP contribution >= 0.6 is 11.3 Å². The summed E-state index contributed by atoms with van der Waals surface area (Å²) in [6, 6.07) is 4.93. The van der Waals surface area contributed by atoms with Gasteiger partial charge in [-0.3, -0.25) is 0 Å². The number of hydrogen-bond donors (Lipinski definition) is 5. The van der Waals surface area contributed by atoms with Gasteiger partial charge in [-0.1, -0.05) is 12.1 Å². The van der Waals surface area contributed by atoms with Crippen LogP contribution in [0.5, 0.6) is 0 Å². The number of fused-ring (bicyclic) bond motifs is 1. The SMILES string of the molecule is Cc1nc(N[C@@H](C)C(F)(F)F)nc(N[C@@H]2C[C@H](CO)[C@@H](O)[C@H]2O)c1-c1nc2ccccc2s1. The highest BCUT2D eigenvalue weighted by Crippen LogP contribution is 2.38. The van der Waals surface area contributed by atoms with E-state index in [1.165, 1.54) is 11.3 Å². The van der Waals surface area contributed by atoms with Gasteiger partial charge in [0.1, 0.15) is 23.0 Å². The van der Waals surface area contributed by atoms with Crippen molar-refractivity contribution in [1.82, 2.24) is 15.0 Å². The minimum atomic E-state index is -4.49. The highest BCUT2D eigenvalue weighted by molar-refractivity contribution is 7.21. The summed E-state index contributed by atoms with van der Waals surface area (Å²) in [6.07, 6.45) is -6.56. The van der Waals surface area contributed by atoms with Crippen molar-refractivity contribution in [2.24, 2.45) is 5.92 Å². The number of aliphatic hydroxyl groups excluding tert-OH is 3. The third kappa shape index (κ3) is 4.74. The second-order valence-electron chi connectivity index (χ2n) is 8.16. The largest absolute Gasteiger partial charge is 0.408 e. The van der Waals surface area contributed by atoms with Gasteiger partial charge < -0.3 is 26.0 Å². The Morgan fingerprint density at radius 2 is 1.88 bits per heavy atom. The van der Waals surface area contributed by atoms with Gasteiger partial charge in [0.2, 0.25) is 5.95 Å². The first-order chi connectivity index (χ1) is 15.6. The van der Waals surface area contributed by atoms with E-state index >= 15 is 0 Å². The van der Waals surface area contributed by atoms with Gasteiger partial charge in [0.15, 0.2) is 0 Å². The molecule has 0 radical (unpaired) electrons. The van der Waals surface area contributed by atoms with E-state index in [4.69, 9.17) is 0 Å². The van der Waals surface area contributed by atoms with Crippen LogP contribution in [0.4, 0.5) is 24.9 Å². The number of rotatable bonds is 6. The van der Waals surface area contributed by atoms with Gasteiger partial charge in [-0.05, 0) is 32.4 Å². The molecule has 0 aliphatic heterocycles. The van der Waals surface area contributed by atoms with Crippen LogP contribution in [0.15, 0.2) is 24.3 Å². The number of nitrogens with zero attached hydrogens (tertiary/aromatic N) is 3. The number of hydrogen-bond acceptors (Lipinski definition) is 9. The molecule has 1 aromatic carbocycles. The molecule has 1 fully saturated rings. The molecule has 33 heavy (non-hydrogen) atoms. The Labute approximate surface area is 191 Å². The van der Waals surface area contributed by atoms with Crippen LogP contribution in [-0.4, -0.2) is 67.3 Å². The summed E-state index contributed by atoms with van der Waals surface area (Å²) in [7, 11) is 0. The lowest BCUT2D eigenvalue weighted by atomic mass is 10.1. The predicted octanol–water partition coefficient (Wildman–Crippen LogP) is 2.94. The van der Waals surface area contributed by atoms with Gasteiger partial charge in [0.25, 0.3) is 0 Å². The summed E-state index contributed by atoms with van der Waals surface area (Å²) < 4.78 is 40.1. The van der Waals surface area contributed by atoms with Crippen molar-refractivity contribution in [1.29, 1.82) is 0 Å². The summed E-state index contributed by atoms with van der Waals surface area (Å²) in [6.45, 7) is 2.31. The van der Waals surface area contributed by atoms with E-state index in [0.29, 0.717) is 16.3 Å². The van der Waals surface area contributed by atoms with Crippen molar-refractivity contribution in [3.8, 4) is 10.6 Å². The van der Waals surface area contributed by atoms with Crippen molar-refractivity contribution < 1.29 is 28.5 Å². The van der Waals surface area contributed by atoms with E-state index in [2.05, 4.69) is 25.6 Å². The van der Waals surface area contributed by atoms with Crippen molar-refractivity contribution in [2.45, 2.75) is 50.7 Å². The van der Waals surface area contributed by atoms with Gasteiger partial charge in [-0.2, -0.15) is 18.2 Å². The van der Waals surface area contributed by atoms with Crippen LogP contribution in [-0.2, 0) is 0 Å². The fraction of sp³-hybridized carbons (Fsp3) is 0.476. The van der Waals surface area contributed by atoms with Crippen molar-refractivity contribution in [3.63, 3.8) is 0 Å². The summed E-state index contributed by atoms with van der Waals surface area (Å²) in [5.41, 5.74) is 1.65. The summed E-state index contributed by atoms with van der Waals surface area (Å²) in [4.78, 5) is 13.1. The third-order valence-corrected chi connectivity index (χ3v) is 6.85. The molecule has 8 nitrogen and oxygen atoms in total. The molecule has 178 valence electrons. The molecule has 0 bridgehead atoms. The zero-order valence-electron chi connectivity index (χ0n) is 17.8. The fourth-order valence-electron chi connectivity index (χ4n) is 3.88. The van der Waals surface area contributed by atoms with Gasteiger partial charge >= 0.3 is 6.18 Å². The fourth-order valence-corrected chi connectivity index (χ4v) is 4.94. The molecule has 0 unspecified atom stereocenters. The quantitative estimate of drug-likeness (QED) is 0.363. The monoisotopic (exact) mass is 483 g/mol. The average Bonchev–Trinajstić information content (AvgIpc) is 3.28. The molecule has 5 N–H and O–H groups in total. The van der Waals surface area contributed by atoms with Crippen LogP contribution in [0.1, 0.15) is 19.0 Å². The lowest BCUT2D eigenvalue weighted by Crippen LogP contribution is -2.36.